The lowest BCUT2D eigenvalue weighted by molar-refractivity contribution is -0.222. The van der Waals surface area contributed by atoms with Gasteiger partial charge in [-0.3, -0.25) is 4.90 Å². The van der Waals surface area contributed by atoms with Gasteiger partial charge >= 0.3 is 11.9 Å². The molecule has 2 aliphatic rings. The summed E-state index contributed by atoms with van der Waals surface area (Å²) in [4.78, 5) is 26.4. The molecular weight excluding hydrogens is 318 g/mol. The molecule has 1 aromatic carbocycles. The smallest absolute Gasteiger partial charge is 0.348 e. The first kappa shape index (κ1) is 17.7. The zero-order valence-corrected chi connectivity index (χ0v) is 15.1. The first-order chi connectivity index (χ1) is 11.8. The van der Waals surface area contributed by atoms with E-state index in [9.17, 15) is 9.59 Å². The standard InChI is InChI=1S/C20H25NO4/c1-14-8-10-21(11-9-14)13-16-6-4-15(5-7-16)12-17-18(22)24-20(2,3)25-19(17)23/h4-7,12,14H,8-11,13H2,1-3H3. The maximum atomic E-state index is 12.0. The highest BCUT2D eigenvalue weighted by atomic mass is 16.7. The molecule has 0 saturated carbocycles. The van der Waals surface area contributed by atoms with E-state index in [1.165, 1.54) is 38.3 Å². The van der Waals surface area contributed by atoms with Crippen LogP contribution in [0.3, 0.4) is 0 Å². The summed E-state index contributed by atoms with van der Waals surface area (Å²) in [6.45, 7) is 8.59. The number of ether oxygens (including phenoxy) is 2. The second-order valence-corrected chi connectivity index (χ2v) is 7.44. The number of benzene rings is 1. The summed E-state index contributed by atoms with van der Waals surface area (Å²) in [5.74, 6) is -1.67. The number of carbonyl (C=O) groups excluding carboxylic acids is 2. The highest BCUT2D eigenvalue weighted by Gasteiger charge is 2.38. The molecule has 5 nitrogen and oxygen atoms in total. The number of esters is 2. The molecule has 0 amide bonds. The van der Waals surface area contributed by atoms with Crippen LogP contribution in [0.25, 0.3) is 6.08 Å². The van der Waals surface area contributed by atoms with Gasteiger partial charge < -0.3 is 9.47 Å². The van der Waals surface area contributed by atoms with E-state index >= 15 is 0 Å². The van der Waals surface area contributed by atoms with Crippen LogP contribution in [0.4, 0.5) is 0 Å². The van der Waals surface area contributed by atoms with Gasteiger partial charge in [-0.2, -0.15) is 0 Å². The van der Waals surface area contributed by atoms with E-state index in [1.54, 1.807) is 0 Å². The largest absolute Gasteiger partial charge is 0.419 e. The van der Waals surface area contributed by atoms with Gasteiger partial charge in [-0.05, 0) is 49.1 Å². The minimum atomic E-state index is -1.21. The fourth-order valence-corrected chi connectivity index (χ4v) is 3.14. The van der Waals surface area contributed by atoms with Crippen molar-refractivity contribution >= 4 is 18.0 Å². The number of hydrogen-bond donors (Lipinski definition) is 0. The number of hydrogen-bond acceptors (Lipinski definition) is 5. The molecule has 0 atom stereocenters. The Balaban J connectivity index is 1.66. The Labute approximate surface area is 148 Å². The van der Waals surface area contributed by atoms with E-state index in [1.807, 2.05) is 24.3 Å². The first-order valence-electron chi connectivity index (χ1n) is 8.82. The van der Waals surface area contributed by atoms with Gasteiger partial charge in [0.2, 0.25) is 0 Å². The van der Waals surface area contributed by atoms with Gasteiger partial charge in [0.05, 0.1) is 0 Å². The van der Waals surface area contributed by atoms with E-state index in [4.69, 9.17) is 9.47 Å². The highest BCUT2D eigenvalue weighted by molar-refractivity contribution is 6.18. The number of cyclic esters (lactones) is 2. The fraction of sp³-hybridized carbons (Fsp3) is 0.500. The summed E-state index contributed by atoms with van der Waals surface area (Å²) in [6.07, 6.45) is 4.03. The number of likely N-dealkylation sites (tertiary alicyclic amines) is 1. The minimum Gasteiger partial charge on any atom is -0.419 e. The molecule has 134 valence electrons. The SMILES string of the molecule is CC1CCN(Cc2ccc(C=C3C(=O)OC(C)(C)OC3=O)cc2)CC1. The first-order valence-corrected chi connectivity index (χ1v) is 8.82. The molecule has 1 aromatic rings. The minimum absolute atomic E-state index is 0.0721. The summed E-state index contributed by atoms with van der Waals surface area (Å²) >= 11 is 0. The average molecular weight is 343 g/mol. The van der Waals surface area contributed by atoms with Crippen molar-refractivity contribution in [1.82, 2.24) is 4.90 Å². The monoisotopic (exact) mass is 343 g/mol. The summed E-state index contributed by atoms with van der Waals surface area (Å²) in [6, 6.07) is 7.89. The Morgan fingerprint density at radius 1 is 1.08 bits per heavy atom. The molecule has 25 heavy (non-hydrogen) atoms. The highest BCUT2D eigenvalue weighted by Crippen LogP contribution is 2.24. The van der Waals surface area contributed by atoms with Crippen LogP contribution in [0.2, 0.25) is 0 Å². The van der Waals surface area contributed by atoms with Crippen molar-refractivity contribution in [3.05, 3.63) is 41.0 Å². The van der Waals surface area contributed by atoms with E-state index < -0.39 is 17.7 Å². The second kappa shape index (κ2) is 7.00. The molecule has 0 unspecified atom stereocenters. The van der Waals surface area contributed by atoms with Crippen molar-refractivity contribution < 1.29 is 19.1 Å². The van der Waals surface area contributed by atoms with Gasteiger partial charge in [-0.15, -0.1) is 0 Å². The predicted molar refractivity (Wildman–Crippen MR) is 94.4 cm³/mol. The summed E-state index contributed by atoms with van der Waals surface area (Å²) in [5, 5.41) is 0. The van der Waals surface area contributed by atoms with Gasteiger partial charge in [-0.1, -0.05) is 31.2 Å². The maximum absolute atomic E-state index is 12.0. The van der Waals surface area contributed by atoms with Crippen LogP contribution in [-0.4, -0.2) is 35.7 Å². The van der Waals surface area contributed by atoms with Gasteiger partial charge in [0, 0.05) is 20.4 Å². The molecule has 0 spiro atoms. The molecule has 0 bridgehead atoms. The summed E-state index contributed by atoms with van der Waals surface area (Å²) in [5.41, 5.74) is 1.93. The Morgan fingerprint density at radius 2 is 1.64 bits per heavy atom. The summed E-state index contributed by atoms with van der Waals surface area (Å²) < 4.78 is 10.2. The van der Waals surface area contributed by atoms with Crippen LogP contribution in [0.5, 0.6) is 0 Å². The Kier molecular flexibility index (Phi) is 4.95. The number of carbonyl (C=O) groups is 2. The third kappa shape index (κ3) is 4.48. The number of rotatable bonds is 3. The van der Waals surface area contributed by atoms with E-state index in [0.29, 0.717) is 0 Å². The maximum Gasteiger partial charge on any atom is 0.348 e. The third-order valence-corrected chi connectivity index (χ3v) is 4.69. The van der Waals surface area contributed by atoms with E-state index in [2.05, 4.69) is 11.8 Å². The van der Waals surface area contributed by atoms with Crippen LogP contribution in [0.1, 0.15) is 44.7 Å². The lowest BCUT2D eigenvalue weighted by atomic mass is 9.98. The van der Waals surface area contributed by atoms with E-state index in [-0.39, 0.29) is 5.57 Å². The van der Waals surface area contributed by atoms with Gasteiger partial charge in [0.1, 0.15) is 5.57 Å². The topological polar surface area (TPSA) is 55.8 Å². The van der Waals surface area contributed by atoms with Crippen molar-refractivity contribution in [3.63, 3.8) is 0 Å². The molecular formula is C20H25NO4. The van der Waals surface area contributed by atoms with Crippen molar-refractivity contribution in [2.45, 2.75) is 45.9 Å². The van der Waals surface area contributed by atoms with Crippen LogP contribution in [0.15, 0.2) is 29.8 Å². The van der Waals surface area contributed by atoms with Crippen molar-refractivity contribution in [1.29, 1.82) is 0 Å². The predicted octanol–water partition coefficient (Wildman–Crippen LogP) is 3.14. The van der Waals surface area contributed by atoms with E-state index in [0.717, 1.165) is 31.1 Å². The van der Waals surface area contributed by atoms with Crippen molar-refractivity contribution in [2.24, 2.45) is 5.92 Å². The molecule has 2 heterocycles. The molecule has 2 aliphatic heterocycles. The molecule has 0 aliphatic carbocycles. The molecule has 0 aromatic heterocycles. The number of nitrogens with zero attached hydrogens (tertiary/aromatic N) is 1. The molecule has 0 N–H and O–H groups in total. The zero-order valence-electron chi connectivity index (χ0n) is 15.1. The van der Waals surface area contributed by atoms with Crippen LogP contribution in [0, 0.1) is 5.92 Å². The summed E-state index contributed by atoms with van der Waals surface area (Å²) in [7, 11) is 0. The van der Waals surface area contributed by atoms with Crippen LogP contribution < -0.4 is 0 Å². The lowest BCUT2D eigenvalue weighted by Gasteiger charge is -2.30. The lowest BCUT2D eigenvalue weighted by Crippen LogP contribution is -2.41. The van der Waals surface area contributed by atoms with Gasteiger partial charge in [-0.25, -0.2) is 9.59 Å². The van der Waals surface area contributed by atoms with Crippen molar-refractivity contribution in [2.75, 3.05) is 13.1 Å². The second-order valence-electron chi connectivity index (χ2n) is 7.44. The normalized spacial score (nSPS) is 21.6. The Hall–Kier alpha value is -2.14. The molecule has 0 radical (unpaired) electrons. The number of piperidine rings is 1. The molecule has 5 heteroatoms. The zero-order chi connectivity index (χ0) is 18.0. The quantitative estimate of drug-likeness (QED) is 0.479. The van der Waals surface area contributed by atoms with Crippen molar-refractivity contribution in [3.8, 4) is 0 Å². The van der Waals surface area contributed by atoms with Crippen LogP contribution >= 0.6 is 0 Å². The Morgan fingerprint density at radius 3 is 2.20 bits per heavy atom. The van der Waals surface area contributed by atoms with Crippen LogP contribution in [-0.2, 0) is 25.6 Å². The molecule has 3 rings (SSSR count). The molecule has 2 fully saturated rings. The average Bonchev–Trinajstić information content (AvgIpc) is 2.54. The third-order valence-electron chi connectivity index (χ3n) is 4.69. The van der Waals surface area contributed by atoms with Gasteiger partial charge in [0.15, 0.2) is 0 Å². The fourth-order valence-electron chi connectivity index (χ4n) is 3.14. The van der Waals surface area contributed by atoms with Gasteiger partial charge in [0.25, 0.3) is 5.79 Å². The molecule has 2 saturated heterocycles. The Bertz CT molecular complexity index is 660.